The van der Waals surface area contributed by atoms with Gasteiger partial charge < -0.3 is 14.6 Å². The summed E-state index contributed by atoms with van der Waals surface area (Å²) >= 11 is 3.45. The highest BCUT2D eigenvalue weighted by Gasteiger charge is 2.22. The average Bonchev–Trinajstić information content (AvgIpc) is 2.28. The lowest BCUT2D eigenvalue weighted by atomic mass is 9.97. The van der Waals surface area contributed by atoms with Crippen LogP contribution in [0.1, 0.15) is 5.56 Å². The molecule has 1 heterocycles. The Balaban J connectivity index is 2.35. The maximum Gasteiger partial charge on any atom is 0.136 e. The zero-order valence-corrected chi connectivity index (χ0v) is 10.1. The van der Waals surface area contributed by atoms with E-state index in [-0.39, 0.29) is 12.5 Å². The molecule has 0 amide bonds. The van der Waals surface area contributed by atoms with Gasteiger partial charge in [-0.3, -0.25) is 0 Å². The van der Waals surface area contributed by atoms with Gasteiger partial charge in [-0.1, -0.05) is 0 Å². The van der Waals surface area contributed by atoms with Crippen molar-refractivity contribution in [1.82, 2.24) is 0 Å². The van der Waals surface area contributed by atoms with E-state index in [0.717, 1.165) is 28.0 Å². The average molecular weight is 273 g/mol. The molecule has 4 heteroatoms. The molecule has 0 saturated carbocycles. The lowest BCUT2D eigenvalue weighted by molar-refractivity contribution is 0.146. The Hall–Kier alpha value is -0.740. The molecule has 0 spiro atoms. The summed E-state index contributed by atoms with van der Waals surface area (Å²) in [5.41, 5.74) is 1.09. The predicted octanol–water partition coefficient (Wildman–Crippen LogP) is 2.00. The molecule has 15 heavy (non-hydrogen) atoms. The summed E-state index contributed by atoms with van der Waals surface area (Å²) in [7, 11) is 1.64. The monoisotopic (exact) mass is 272 g/mol. The Bertz CT molecular complexity index is 365. The van der Waals surface area contributed by atoms with Gasteiger partial charge >= 0.3 is 0 Å². The second kappa shape index (κ2) is 4.41. The van der Waals surface area contributed by atoms with Gasteiger partial charge in [0, 0.05) is 12.5 Å². The van der Waals surface area contributed by atoms with Gasteiger partial charge in [0.05, 0.1) is 18.2 Å². The van der Waals surface area contributed by atoms with Crippen molar-refractivity contribution in [2.24, 2.45) is 5.92 Å². The zero-order valence-electron chi connectivity index (χ0n) is 8.50. The molecule has 0 fully saturated rings. The number of methoxy groups -OCH3 is 1. The van der Waals surface area contributed by atoms with Crippen molar-refractivity contribution in [3.63, 3.8) is 0 Å². The van der Waals surface area contributed by atoms with E-state index < -0.39 is 0 Å². The first kappa shape index (κ1) is 10.8. The summed E-state index contributed by atoms with van der Waals surface area (Å²) in [4.78, 5) is 0. The molecule has 1 aromatic carbocycles. The second-order valence-corrected chi connectivity index (χ2v) is 4.52. The minimum Gasteiger partial charge on any atom is -0.497 e. The molecule has 0 saturated heterocycles. The van der Waals surface area contributed by atoms with Crippen molar-refractivity contribution in [1.29, 1.82) is 0 Å². The van der Waals surface area contributed by atoms with Gasteiger partial charge in [0.25, 0.3) is 0 Å². The van der Waals surface area contributed by atoms with Crippen LogP contribution in [0.3, 0.4) is 0 Å². The summed E-state index contributed by atoms with van der Waals surface area (Å²) in [6, 6.07) is 3.85. The minimum atomic E-state index is 0.161. The van der Waals surface area contributed by atoms with Crippen LogP contribution in [-0.4, -0.2) is 25.4 Å². The third-order valence-electron chi connectivity index (χ3n) is 2.56. The highest BCUT2D eigenvalue weighted by Crippen LogP contribution is 2.37. The Morgan fingerprint density at radius 3 is 3.07 bits per heavy atom. The topological polar surface area (TPSA) is 38.7 Å². The van der Waals surface area contributed by atoms with Crippen LogP contribution < -0.4 is 9.47 Å². The van der Waals surface area contributed by atoms with Crippen LogP contribution in [0.25, 0.3) is 0 Å². The molecule has 0 aliphatic carbocycles. The van der Waals surface area contributed by atoms with Crippen LogP contribution in [0, 0.1) is 5.92 Å². The van der Waals surface area contributed by atoms with Gasteiger partial charge in [0.2, 0.25) is 0 Å². The van der Waals surface area contributed by atoms with Crippen molar-refractivity contribution in [2.75, 3.05) is 20.3 Å². The largest absolute Gasteiger partial charge is 0.497 e. The second-order valence-electron chi connectivity index (χ2n) is 3.66. The highest BCUT2D eigenvalue weighted by molar-refractivity contribution is 9.10. The summed E-state index contributed by atoms with van der Waals surface area (Å²) in [6.45, 7) is 0.739. The molecule has 1 atom stereocenters. The predicted molar refractivity (Wildman–Crippen MR) is 60.5 cm³/mol. The number of benzene rings is 1. The Labute approximate surface area is 97.1 Å². The highest BCUT2D eigenvalue weighted by atomic mass is 79.9. The molecule has 1 aromatic rings. The van der Waals surface area contributed by atoms with E-state index in [0.29, 0.717) is 6.61 Å². The molecular formula is C11H13BrO3. The lowest BCUT2D eigenvalue weighted by Crippen LogP contribution is -2.24. The van der Waals surface area contributed by atoms with E-state index in [9.17, 15) is 0 Å². The van der Waals surface area contributed by atoms with Crippen LogP contribution in [0.15, 0.2) is 16.6 Å². The Morgan fingerprint density at radius 1 is 1.60 bits per heavy atom. The molecule has 0 bridgehead atoms. The number of aliphatic hydroxyl groups is 1. The minimum absolute atomic E-state index is 0.161. The number of hydrogen-bond acceptors (Lipinski definition) is 3. The van der Waals surface area contributed by atoms with Crippen molar-refractivity contribution in [3.8, 4) is 11.5 Å². The van der Waals surface area contributed by atoms with Gasteiger partial charge in [-0.25, -0.2) is 0 Å². The Morgan fingerprint density at radius 2 is 2.40 bits per heavy atom. The van der Waals surface area contributed by atoms with Crippen LogP contribution in [0.4, 0.5) is 0 Å². The van der Waals surface area contributed by atoms with Crippen LogP contribution in [0.2, 0.25) is 0 Å². The first-order chi connectivity index (χ1) is 7.24. The van der Waals surface area contributed by atoms with E-state index in [1.165, 1.54) is 0 Å². The number of aliphatic hydroxyl groups excluding tert-OH is 1. The van der Waals surface area contributed by atoms with E-state index in [1.807, 2.05) is 12.1 Å². The quantitative estimate of drug-likeness (QED) is 0.895. The van der Waals surface area contributed by atoms with Crippen molar-refractivity contribution < 1.29 is 14.6 Å². The summed E-state index contributed by atoms with van der Waals surface area (Å²) in [5.74, 6) is 1.87. The smallest absolute Gasteiger partial charge is 0.136 e. The molecular weight excluding hydrogens is 260 g/mol. The van der Waals surface area contributed by atoms with Gasteiger partial charge in [0.1, 0.15) is 11.5 Å². The molecule has 0 aromatic heterocycles. The third kappa shape index (κ3) is 2.11. The first-order valence-corrected chi connectivity index (χ1v) is 5.64. The van der Waals surface area contributed by atoms with Crippen LogP contribution in [0.5, 0.6) is 11.5 Å². The number of rotatable bonds is 2. The van der Waals surface area contributed by atoms with Crippen molar-refractivity contribution in [3.05, 3.63) is 22.2 Å². The van der Waals surface area contributed by atoms with Gasteiger partial charge in [-0.05, 0) is 40.0 Å². The zero-order chi connectivity index (χ0) is 10.8. The number of halogens is 1. The van der Waals surface area contributed by atoms with Gasteiger partial charge in [-0.15, -0.1) is 0 Å². The molecule has 0 radical (unpaired) electrons. The third-order valence-corrected chi connectivity index (χ3v) is 3.15. The van der Waals surface area contributed by atoms with E-state index in [2.05, 4.69) is 15.9 Å². The van der Waals surface area contributed by atoms with Gasteiger partial charge in [-0.2, -0.15) is 0 Å². The molecule has 1 aliphatic rings. The molecule has 2 rings (SSSR count). The van der Waals surface area contributed by atoms with E-state index in [4.69, 9.17) is 14.6 Å². The summed E-state index contributed by atoms with van der Waals surface area (Å²) < 4.78 is 11.7. The number of ether oxygens (including phenoxy) is 2. The number of fused-ring (bicyclic) bond motifs is 1. The normalized spacial score (nSPS) is 19.3. The van der Waals surface area contributed by atoms with Crippen LogP contribution >= 0.6 is 15.9 Å². The fourth-order valence-corrected chi connectivity index (χ4v) is 2.34. The van der Waals surface area contributed by atoms with E-state index >= 15 is 0 Å². The van der Waals surface area contributed by atoms with Crippen molar-refractivity contribution >= 4 is 15.9 Å². The summed E-state index contributed by atoms with van der Waals surface area (Å²) in [6.07, 6.45) is 0.835. The maximum absolute atomic E-state index is 9.09. The standard InChI is InChI=1S/C11H13BrO3/c1-14-9-3-8-2-7(5-13)6-15-11(8)10(12)4-9/h3-4,7,13H,2,5-6H2,1H3. The van der Waals surface area contributed by atoms with E-state index in [1.54, 1.807) is 7.11 Å². The molecule has 1 aliphatic heterocycles. The Kier molecular flexibility index (Phi) is 3.17. The molecule has 82 valence electrons. The maximum atomic E-state index is 9.09. The van der Waals surface area contributed by atoms with Crippen molar-refractivity contribution in [2.45, 2.75) is 6.42 Å². The summed E-state index contributed by atoms with van der Waals surface area (Å²) in [5, 5.41) is 9.09. The molecule has 1 N–H and O–H groups in total. The van der Waals surface area contributed by atoms with Crippen LogP contribution in [-0.2, 0) is 6.42 Å². The fourth-order valence-electron chi connectivity index (χ4n) is 1.74. The first-order valence-electron chi connectivity index (χ1n) is 4.84. The SMILES string of the molecule is COc1cc(Br)c2c(c1)CC(CO)CO2. The molecule has 3 nitrogen and oxygen atoms in total. The fraction of sp³-hybridized carbons (Fsp3) is 0.455. The lowest BCUT2D eigenvalue weighted by Gasteiger charge is -2.25. The van der Waals surface area contributed by atoms with Gasteiger partial charge in [0.15, 0.2) is 0 Å². The number of hydrogen-bond donors (Lipinski definition) is 1. The molecule has 1 unspecified atom stereocenters.